The molecule has 0 amide bonds. The molecule has 6 heteroatoms. The van der Waals surface area contributed by atoms with Gasteiger partial charge < -0.3 is 15.5 Å². The number of H-pyrrole nitrogens is 1. The van der Waals surface area contributed by atoms with Gasteiger partial charge in [0.2, 0.25) is 5.88 Å². The molecule has 0 aliphatic rings. The number of rotatable bonds is 2. The first-order valence-electron chi connectivity index (χ1n) is 4.43. The van der Waals surface area contributed by atoms with Crippen molar-refractivity contribution < 1.29 is 4.74 Å². The van der Waals surface area contributed by atoms with Crippen LogP contribution in [0.4, 0.5) is 5.69 Å². The van der Waals surface area contributed by atoms with Crippen molar-refractivity contribution in [2.75, 3.05) is 5.73 Å². The number of nitrogens with one attached hydrogen (secondary N) is 1. The lowest BCUT2D eigenvalue weighted by Gasteiger charge is -2.08. The van der Waals surface area contributed by atoms with Gasteiger partial charge in [0.1, 0.15) is 0 Å². The summed E-state index contributed by atoms with van der Waals surface area (Å²) in [5, 5.41) is 0.363. The zero-order valence-electron chi connectivity index (χ0n) is 8.11. The van der Waals surface area contributed by atoms with Crippen molar-refractivity contribution in [1.82, 2.24) is 9.97 Å². The fourth-order valence-electron chi connectivity index (χ4n) is 1.14. The molecule has 0 radical (unpaired) electrons. The molecule has 1 aromatic heterocycles. The molecular formula is C10H8ClN3O2. The second kappa shape index (κ2) is 4.24. The molecule has 82 valence electrons. The topological polar surface area (TPSA) is 81.0 Å². The summed E-state index contributed by atoms with van der Waals surface area (Å²) in [6, 6.07) is 6.20. The summed E-state index contributed by atoms with van der Waals surface area (Å²) < 4.78 is 5.33. The highest BCUT2D eigenvalue weighted by molar-refractivity contribution is 6.32. The number of nitrogen functional groups attached to an aromatic ring is 1. The quantitative estimate of drug-likeness (QED) is 0.781. The van der Waals surface area contributed by atoms with Gasteiger partial charge in [-0.2, -0.15) is 0 Å². The van der Waals surface area contributed by atoms with E-state index in [9.17, 15) is 4.79 Å². The van der Waals surface area contributed by atoms with Crippen LogP contribution in [0.3, 0.4) is 0 Å². The van der Waals surface area contributed by atoms with Crippen LogP contribution in [-0.4, -0.2) is 9.97 Å². The average Bonchev–Trinajstić information content (AvgIpc) is 2.24. The third-order valence-electron chi connectivity index (χ3n) is 1.86. The van der Waals surface area contributed by atoms with Crippen molar-refractivity contribution in [3.8, 4) is 11.6 Å². The number of ether oxygens (including phenoxy) is 1. The van der Waals surface area contributed by atoms with Crippen LogP contribution in [0.1, 0.15) is 0 Å². The Labute approximate surface area is 95.8 Å². The van der Waals surface area contributed by atoms with Gasteiger partial charge in [0.15, 0.2) is 5.75 Å². The van der Waals surface area contributed by atoms with Crippen LogP contribution in [0.5, 0.6) is 11.6 Å². The van der Waals surface area contributed by atoms with Crippen LogP contribution in [0.2, 0.25) is 5.02 Å². The van der Waals surface area contributed by atoms with Gasteiger partial charge in [-0.05, 0) is 12.1 Å². The Balaban J connectivity index is 2.38. The standard InChI is InChI=1S/C10H8ClN3O2/c11-6-2-1-3-7(12)10(6)16-9-4-8(15)13-5-14-9/h1-5H,12H2,(H,13,14,15). The maximum Gasteiger partial charge on any atom is 0.254 e. The molecule has 3 N–H and O–H groups in total. The van der Waals surface area contributed by atoms with E-state index < -0.39 is 0 Å². The molecule has 16 heavy (non-hydrogen) atoms. The Morgan fingerprint density at radius 3 is 2.94 bits per heavy atom. The molecule has 0 aliphatic carbocycles. The average molecular weight is 238 g/mol. The highest BCUT2D eigenvalue weighted by Crippen LogP contribution is 2.33. The number of hydrogen-bond acceptors (Lipinski definition) is 4. The van der Waals surface area contributed by atoms with Crippen LogP contribution in [-0.2, 0) is 0 Å². The van der Waals surface area contributed by atoms with Crippen molar-refractivity contribution in [3.63, 3.8) is 0 Å². The van der Waals surface area contributed by atoms with Crippen LogP contribution >= 0.6 is 11.6 Å². The van der Waals surface area contributed by atoms with Crippen molar-refractivity contribution in [2.45, 2.75) is 0 Å². The van der Waals surface area contributed by atoms with Gasteiger partial charge >= 0.3 is 0 Å². The van der Waals surface area contributed by atoms with E-state index in [1.54, 1.807) is 18.2 Å². The zero-order valence-corrected chi connectivity index (χ0v) is 8.86. The molecule has 0 unspecified atom stereocenters. The first-order valence-corrected chi connectivity index (χ1v) is 4.81. The van der Waals surface area contributed by atoms with Gasteiger partial charge in [-0.15, -0.1) is 0 Å². The third kappa shape index (κ3) is 2.14. The predicted octanol–water partition coefficient (Wildman–Crippen LogP) is 1.80. The fourth-order valence-corrected chi connectivity index (χ4v) is 1.36. The second-order valence-electron chi connectivity index (χ2n) is 3.01. The Bertz CT molecular complexity index is 548. The number of nitrogens with two attached hydrogens (primary N) is 1. The molecule has 1 aromatic carbocycles. The SMILES string of the molecule is Nc1cccc(Cl)c1Oc1cc(=O)[nH]cn1. The van der Waals surface area contributed by atoms with Gasteiger partial charge in [-0.1, -0.05) is 17.7 Å². The summed E-state index contributed by atoms with van der Waals surface area (Å²) in [5.41, 5.74) is 5.76. The van der Waals surface area contributed by atoms with E-state index >= 15 is 0 Å². The molecule has 0 spiro atoms. The second-order valence-corrected chi connectivity index (χ2v) is 3.42. The van der Waals surface area contributed by atoms with Gasteiger partial charge in [0, 0.05) is 0 Å². The number of halogens is 1. The zero-order chi connectivity index (χ0) is 11.5. The number of aromatic amines is 1. The molecule has 0 saturated heterocycles. The van der Waals surface area contributed by atoms with Crippen LogP contribution in [0, 0.1) is 0 Å². The minimum atomic E-state index is -0.310. The minimum Gasteiger partial charge on any atom is -0.435 e. The Morgan fingerprint density at radius 1 is 1.44 bits per heavy atom. The third-order valence-corrected chi connectivity index (χ3v) is 2.15. The van der Waals surface area contributed by atoms with E-state index in [1.165, 1.54) is 12.4 Å². The molecule has 0 atom stereocenters. The molecule has 2 rings (SSSR count). The number of nitrogens with zero attached hydrogens (tertiary/aromatic N) is 1. The van der Waals surface area contributed by atoms with E-state index in [1.807, 2.05) is 0 Å². The number of para-hydroxylation sites is 1. The number of aromatic nitrogens is 2. The first-order chi connectivity index (χ1) is 7.66. The molecule has 2 aromatic rings. The lowest BCUT2D eigenvalue weighted by atomic mass is 10.3. The minimum absolute atomic E-state index is 0.142. The normalized spacial score (nSPS) is 10.1. The summed E-state index contributed by atoms with van der Waals surface area (Å²) >= 11 is 5.90. The van der Waals surface area contributed by atoms with Gasteiger partial charge in [0.05, 0.1) is 23.1 Å². The Morgan fingerprint density at radius 2 is 2.25 bits per heavy atom. The highest BCUT2D eigenvalue weighted by atomic mass is 35.5. The lowest BCUT2D eigenvalue weighted by Crippen LogP contribution is -2.05. The summed E-state index contributed by atoms with van der Waals surface area (Å²) in [6.07, 6.45) is 1.24. The van der Waals surface area contributed by atoms with E-state index in [0.717, 1.165) is 0 Å². The smallest absolute Gasteiger partial charge is 0.254 e. The Kier molecular flexibility index (Phi) is 2.78. The van der Waals surface area contributed by atoms with Gasteiger partial charge in [-0.25, -0.2) is 4.98 Å². The fraction of sp³-hybridized carbons (Fsp3) is 0. The number of hydrogen-bond donors (Lipinski definition) is 2. The van der Waals surface area contributed by atoms with E-state index in [-0.39, 0.29) is 11.4 Å². The maximum atomic E-state index is 11.0. The molecule has 1 heterocycles. The predicted molar refractivity (Wildman–Crippen MR) is 60.8 cm³/mol. The molecule has 5 nitrogen and oxygen atoms in total. The summed E-state index contributed by atoms with van der Waals surface area (Å²) in [4.78, 5) is 17.2. The number of anilines is 1. The van der Waals surface area contributed by atoms with Crippen LogP contribution in [0.25, 0.3) is 0 Å². The van der Waals surface area contributed by atoms with E-state index in [0.29, 0.717) is 16.5 Å². The van der Waals surface area contributed by atoms with Gasteiger partial charge in [0.25, 0.3) is 5.56 Å². The monoisotopic (exact) mass is 237 g/mol. The van der Waals surface area contributed by atoms with E-state index in [4.69, 9.17) is 22.1 Å². The Hall–Kier alpha value is -2.01. The molecule has 0 fully saturated rings. The van der Waals surface area contributed by atoms with Crippen LogP contribution < -0.4 is 16.0 Å². The molecule has 0 bridgehead atoms. The highest BCUT2D eigenvalue weighted by Gasteiger charge is 2.07. The lowest BCUT2D eigenvalue weighted by molar-refractivity contribution is 0.463. The van der Waals surface area contributed by atoms with Crippen molar-refractivity contribution >= 4 is 17.3 Å². The summed E-state index contributed by atoms with van der Waals surface area (Å²) in [6.45, 7) is 0. The van der Waals surface area contributed by atoms with E-state index in [2.05, 4.69) is 9.97 Å². The van der Waals surface area contributed by atoms with Crippen LogP contribution in [0.15, 0.2) is 35.4 Å². The summed E-state index contributed by atoms with van der Waals surface area (Å²) in [5.74, 6) is 0.436. The largest absolute Gasteiger partial charge is 0.435 e. The van der Waals surface area contributed by atoms with Crippen molar-refractivity contribution in [2.24, 2.45) is 0 Å². The molecule has 0 aliphatic heterocycles. The first kappa shape index (κ1) is 10.5. The number of benzene rings is 1. The summed E-state index contributed by atoms with van der Waals surface area (Å²) in [7, 11) is 0. The molecular weight excluding hydrogens is 230 g/mol. The van der Waals surface area contributed by atoms with Crippen molar-refractivity contribution in [3.05, 3.63) is 46.0 Å². The maximum absolute atomic E-state index is 11.0. The molecule has 0 saturated carbocycles. The van der Waals surface area contributed by atoms with Crippen molar-refractivity contribution in [1.29, 1.82) is 0 Å². The van der Waals surface area contributed by atoms with Gasteiger partial charge in [-0.3, -0.25) is 4.79 Å².